The van der Waals surface area contributed by atoms with Gasteiger partial charge in [0.1, 0.15) is 5.75 Å². The molecule has 0 radical (unpaired) electrons. The molecule has 0 fully saturated rings. The minimum atomic E-state index is -1.01. The first-order chi connectivity index (χ1) is 13.6. The van der Waals surface area contributed by atoms with E-state index >= 15 is 0 Å². The fourth-order valence-corrected chi connectivity index (χ4v) is 3.74. The molecule has 0 aliphatic carbocycles. The number of para-hydroxylation sites is 1. The van der Waals surface area contributed by atoms with Crippen LogP contribution in [0.3, 0.4) is 0 Å². The molecule has 1 aromatic rings. The number of benzene rings is 1. The van der Waals surface area contributed by atoms with Crippen LogP contribution < -0.4 is 4.74 Å². The maximum Gasteiger partial charge on any atom is 0.202 e. The summed E-state index contributed by atoms with van der Waals surface area (Å²) in [4.78, 5) is 0. The van der Waals surface area contributed by atoms with Crippen LogP contribution in [-0.2, 0) is 9.47 Å². The van der Waals surface area contributed by atoms with E-state index in [1.807, 2.05) is 30.3 Å². The van der Waals surface area contributed by atoms with Gasteiger partial charge in [0.2, 0.25) is 6.29 Å². The molecule has 0 aliphatic heterocycles. The summed E-state index contributed by atoms with van der Waals surface area (Å²) in [7, 11) is 0. The minimum Gasteiger partial charge on any atom is -0.465 e. The fraction of sp³-hybridized carbons (Fsp3) is 0.760. The molecular weight excluding hydrogens is 364 g/mol. The van der Waals surface area contributed by atoms with Crippen molar-refractivity contribution in [2.45, 2.75) is 111 Å². The summed E-state index contributed by atoms with van der Waals surface area (Å²) >= 11 is 0. The Morgan fingerprint density at radius 1 is 0.897 bits per heavy atom. The van der Waals surface area contributed by atoms with Crippen molar-refractivity contribution >= 4 is 0 Å². The van der Waals surface area contributed by atoms with Gasteiger partial charge in [-0.3, -0.25) is 0 Å². The predicted molar refractivity (Wildman–Crippen MR) is 120 cm³/mol. The van der Waals surface area contributed by atoms with Crippen LogP contribution in [0, 0.1) is 5.41 Å². The number of rotatable bonds is 15. The van der Waals surface area contributed by atoms with Crippen molar-refractivity contribution < 1.29 is 19.3 Å². The average molecular weight is 409 g/mol. The highest BCUT2D eigenvalue weighted by Crippen LogP contribution is 2.29. The number of ether oxygens (including phenoxy) is 3. The molecule has 0 spiro atoms. The Kier molecular flexibility index (Phi) is 11.9. The Bertz CT molecular complexity index is 521. The van der Waals surface area contributed by atoms with Crippen molar-refractivity contribution in [1.82, 2.24) is 0 Å². The third-order valence-electron chi connectivity index (χ3n) is 4.69. The first-order valence-corrected chi connectivity index (χ1v) is 11.3. The van der Waals surface area contributed by atoms with Crippen LogP contribution in [0.25, 0.3) is 0 Å². The van der Waals surface area contributed by atoms with E-state index in [1.165, 1.54) is 25.7 Å². The number of unbranched alkanes of at least 4 members (excludes halogenated alkanes) is 5. The smallest absolute Gasteiger partial charge is 0.202 e. The highest BCUT2D eigenvalue weighted by Gasteiger charge is 2.27. The number of hydrogen-bond donors (Lipinski definition) is 1. The number of aliphatic hydroxyl groups is 1. The standard InChI is InChI=1S/C25H44O4/c1-7-8-9-10-11-15-18-23(28-21-16-13-12-14-17-21)29-22(26)19-27-25(5,6)20-24(2,3)4/h12-14,16-17,22-23,26H,7-11,15,18-20H2,1-6H3. The molecule has 0 bridgehead atoms. The normalized spacial score (nSPS) is 14.6. The Morgan fingerprint density at radius 2 is 1.52 bits per heavy atom. The molecule has 0 saturated carbocycles. The van der Waals surface area contributed by atoms with Crippen molar-refractivity contribution in [3.05, 3.63) is 30.3 Å². The van der Waals surface area contributed by atoms with Crippen molar-refractivity contribution in [3.63, 3.8) is 0 Å². The molecular formula is C25H44O4. The van der Waals surface area contributed by atoms with Gasteiger partial charge in [-0.05, 0) is 44.2 Å². The molecule has 0 aromatic heterocycles. The maximum atomic E-state index is 10.4. The van der Waals surface area contributed by atoms with Gasteiger partial charge < -0.3 is 19.3 Å². The van der Waals surface area contributed by atoms with Gasteiger partial charge in [-0.2, -0.15) is 0 Å². The molecule has 4 nitrogen and oxygen atoms in total. The molecule has 0 heterocycles. The first kappa shape index (κ1) is 25.9. The van der Waals surface area contributed by atoms with Gasteiger partial charge in [-0.15, -0.1) is 0 Å². The third kappa shape index (κ3) is 13.7. The molecule has 1 aromatic carbocycles. The van der Waals surface area contributed by atoms with E-state index in [4.69, 9.17) is 14.2 Å². The van der Waals surface area contributed by atoms with Crippen LogP contribution in [-0.4, -0.2) is 29.9 Å². The van der Waals surface area contributed by atoms with Gasteiger partial charge in [0.05, 0.1) is 12.2 Å². The summed E-state index contributed by atoms with van der Waals surface area (Å²) in [5, 5.41) is 10.4. The summed E-state index contributed by atoms with van der Waals surface area (Å²) in [5.74, 6) is 0.754. The zero-order valence-corrected chi connectivity index (χ0v) is 19.6. The third-order valence-corrected chi connectivity index (χ3v) is 4.69. The van der Waals surface area contributed by atoms with Crippen LogP contribution in [0.2, 0.25) is 0 Å². The van der Waals surface area contributed by atoms with E-state index in [-0.39, 0.29) is 17.6 Å². The Labute approximate surface area is 179 Å². The molecule has 168 valence electrons. The topological polar surface area (TPSA) is 47.9 Å². The van der Waals surface area contributed by atoms with Crippen LogP contribution in [0.4, 0.5) is 0 Å². The second-order valence-corrected chi connectivity index (χ2v) is 9.82. The van der Waals surface area contributed by atoms with Gasteiger partial charge in [0.15, 0.2) is 6.29 Å². The lowest BCUT2D eigenvalue weighted by atomic mass is 9.84. The predicted octanol–water partition coefficient (Wildman–Crippen LogP) is 6.71. The van der Waals surface area contributed by atoms with Crippen LogP contribution in [0.1, 0.15) is 92.9 Å². The maximum absolute atomic E-state index is 10.4. The molecule has 0 saturated heterocycles. The summed E-state index contributed by atoms with van der Waals surface area (Å²) in [5.41, 5.74) is -0.163. The molecule has 4 heteroatoms. The van der Waals surface area contributed by atoms with E-state index in [0.29, 0.717) is 0 Å². The largest absolute Gasteiger partial charge is 0.465 e. The van der Waals surface area contributed by atoms with E-state index in [1.54, 1.807) is 0 Å². The van der Waals surface area contributed by atoms with E-state index in [0.717, 1.165) is 31.4 Å². The van der Waals surface area contributed by atoms with Gasteiger partial charge in [-0.25, -0.2) is 0 Å². The van der Waals surface area contributed by atoms with Crippen LogP contribution in [0.5, 0.6) is 5.75 Å². The van der Waals surface area contributed by atoms with Crippen LogP contribution in [0.15, 0.2) is 30.3 Å². The summed E-state index contributed by atoms with van der Waals surface area (Å²) in [6, 6.07) is 9.65. The average Bonchev–Trinajstić information content (AvgIpc) is 2.62. The number of hydrogen-bond acceptors (Lipinski definition) is 4. The zero-order chi connectivity index (χ0) is 21.8. The van der Waals surface area contributed by atoms with E-state index in [2.05, 4.69) is 41.5 Å². The van der Waals surface area contributed by atoms with Crippen molar-refractivity contribution in [3.8, 4) is 5.75 Å². The molecule has 2 unspecified atom stereocenters. The molecule has 1 rings (SSSR count). The van der Waals surface area contributed by atoms with E-state index in [9.17, 15) is 5.11 Å². The van der Waals surface area contributed by atoms with Gasteiger partial charge >= 0.3 is 0 Å². The summed E-state index contributed by atoms with van der Waals surface area (Å²) < 4.78 is 17.8. The minimum absolute atomic E-state index is 0.133. The molecule has 0 aliphatic rings. The SMILES string of the molecule is CCCCCCCCC(Oc1ccccc1)OC(O)COC(C)(C)CC(C)(C)C. The Hall–Kier alpha value is -1.10. The second kappa shape index (κ2) is 13.3. The first-order valence-electron chi connectivity index (χ1n) is 11.3. The lowest BCUT2D eigenvalue weighted by Crippen LogP contribution is -2.36. The summed E-state index contributed by atoms with van der Waals surface area (Å²) in [6.45, 7) is 13.0. The van der Waals surface area contributed by atoms with Crippen molar-refractivity contribution in [2.75, 3.05) is 6.61 Å². The lowest BCUT2D eigenvalue weighted by Gasteiger charge is -2.33. The molecule has 2 atom stereocenters. The highest BCUT2D eigenvalue weighted by atomic mass is 16.7. The lowest BCUT2D eigenvalue weighted by molar-refractivity contribution is -0.230. The van der Waals surface area contributed by atoms with Crippen molar-refractivity contribution in [2.24, 2.45) is 5.41 Å². The van der Waals surface area contributed by atoms with Crippen LogP contribution >= 0.6 is 0 Å². The van der Waals surface area contributed by atoms with Crippen molar-refractivity contribution in [1.29, 1.82) is 0 Å². The molecule has 29 heavy (non-hydrogen) atoms. The second-order valence-electron chi connectivity index (χ2n) is 9.82. The quantitative estimate of drug-likeness (QED) is 0.259. The summed E-state index contributed by atoms with van der Waals surface area (Å²) in [6.07, 6.45) is 7.39. The fourth-order valence-electron chi connectivity index (χ4n) is 3.74. The Morgan fingerprint density at radius 3 is 2.14 bits per heavy atom. The molecule has 0 amide bonds. The van der Waals surface area contributed by atoms with Gasteiger partial charge in [0, 0.05) is 6.42 Å². The monoisotopic (exact) mass is 408 g/mol. The Balaban J connectivity index is 2.51. The van der Waals surface area contributed by atoms with Gasteiger partial charge in [-0.1, -0.05) is 78.0 Å². The number of aliphatic hydroxyl groups excluding tert-OH is 1. The van der Waals surface area contributed by atoms with Gasteiger partial charge in [0.25, 0.3) is 0 Å². The zero-order valence-electron chi connectivity index (χ0n) is 19.6. The highest BCUT2D eigenvalue weighted by molar-refractivity contribution is 5.21. The van der Waals surface area contributed by atoms with E-state index < -0.39 is 12.6 Å². The molecule has 1 N–H and O–H groups in total.